The van der Waals surface area contributed by atoms with E-state index in [0.717, 1.165) is 6.26 Å². The van der Waals surface area contributed by atoms with E-state index in [1.165, 1.54) is 10.6 Å². The highest BCUT2D eigenvalue weighted by Gasteiger charge is 2.48. The zero-order valence-corrected chi connectivity index (χ0v) is 14.9. The summed E-state index contributed by atoms with van der Waals surface area (Å²) in [5.74, 6) is -1.06. The van der Waals surface area contributed by atoms with Gasteiger partial charge in [-0.15, -0.1) is 0 Å². The van der Waals surface area contributed by atoms with Crippen LogP contribution in [0.4, 0.5) is 5.69 Å². The Morgan fingerprint density at radius 3 is 2.54 bits per heavy atom. The van der Waals surface area contributed by atoms with Crippen molar-refractivity contribution < 1.29 is 22.7 Å². The van der Waals surface area contributed by atoms with E-state index in [0.29, 0.717) is 18.8 Å². The van der Waals surface area contributed by atoms with Gasteiger partial charge in [-0.05, 0) is 38.9 Å². The number of hydrogen-bond acceptors (Lipinski definition) is 6. The maximum Gasteiger partial charge on any atom is 0.355 e. The van der Waals surface area contributed by atoms with Crippen LogP contribution in [0.5, 0.6) is 0 Å². The molecule has 0 radical (unpaired) electrons. The molecule has 24 heavy (non-hydrogen) atoms. The Morgan fingerprint density at radius 2 is 2.00 bits per heavy atom. The minimum absolute atomic E-state index is 0.217. The molecule has 1 aromatic heterocycles. The molecule has 1 amide bonds. The zero-order valence-electron chi connectivity index (χ0n) is 14.1. The third-order valence-electron chi connectivity index (χ3n) is 4.28. The molecule has 1 aromatic rings. The van der Waals surface area contributed by atoms with Crippen LogP contribution in [0.2, 0.25) is 0 Å². The second-order valence-electron chi connectivity index (χ2n) is 5.92. The van der Waals surface area contributed by atoms with Gasteiger partial charge in [-0.1, -0.05) is 0 Å². The standard InChI is InChI=1S/C15H23N3O5S/c1-4-23-13(19)12-9-11(10-18(12)2)17-14(20)15(24(3,21)22)5-7-16-8-6-15/h9-10,16H,4-8H2,1-3H3,(H,17,20). The number of carbonyl (C=O) groups excluding carboxylic acids is 2. The number of anilines is 1. The fourth-order valence-electron chi connectivity index (χ4n) is 2.88. The molecule has 0 atom stereocenters. The van der Waals surface area contributed by atoms with Gasteiger partial charge in [0.1, 0.15) is 5.69 Å². The number of piperidine rings is 1. The van der Waals surface area contributed by atoms with Crippen LogP contribution in [0.1, 0.15) is 30.3 Å². The summed E-state index contributed by atoms with van der Waals surface area (Å²) in [5, 5.41) is 5.71. The predicted molar refractivity (Wildman–Crippen MR) is 89.7 cm³/mol. The van der Waals surface area contributed by atoms with Crippen LogP contribution in [-0.4, -0.2) is 55.6 Å². The number of aryl methyl sites for hydroxylation is 1. The molecule has 0 aliphatic carbocycles. The highest BCUT2D eigenvalue weighted by Crippen LogP contribution is 2.29. The zero-order chi connectivity index (χ0) is 18.0. The maximum absolute atomic E-state index is 12.7. The molecule has 1 fully saturated rings. The Balaban J connectivity index is 2.25. The molecule has 1 aliphatic rings. The van der Waals surface area contributed by atoms with Crippen LogP contribution in [0.25, 0.3) is 0 Å². The van der Waals surface area contributed by atoms with Gasteiger partial charge in [-0.2, -0.15) is 0 Å². The summed E-state index contributed by atoms with van der Waals surface area (Å²) < 4.78 is 29.5. The molecular formula is C15H23N3O5S. The Hall–Kier alpha value is -1.87. The first-order valence-electron chi connectivity index (χ1n) is 7.76. The van der Waals surface area contributed by atoms with Crippen molar-refractivity contribution in [1.82, 2.24) is 9.88 Å². The average Bonchev–Trinajstić information content (AvgIpc) is 2.87. The molecule has 2 N–H and O–H groups in total. The topological polar surface area (TPSA) is 106 Å². The summed E-state index contributed by atoms with van der Waals surface area (Å²) in [7, 11) is -1.93. The monoisotopic (exact) mass is 357 g/mol. The van der Waals surface area contributed by atoms with Crippen molar-refractivity contribution in [3.8, 4) is 0 Å². The van der Waals surface area contributed by atoms with E-state index in [4.69, 9.17) is 4.74 Å². The number of rotatable bonds is 5. The second kappa shape index (κ2) is 6.94. The Bertz CT molecular complexity index is 732. The first kappa shape index (κ1) is 18.5. The third-order valence-corrected chi connectivity index (χ3v) is 6.30. The Morgan fingerprint density at radius 1 is 1.38 bits per heavy atom. The largest absolute Gasteiger partial charge is 0.461 e. The van der Waals surface area contributed by atoms with Crippen molar-refractivity contribution in [3.05, 3.63) is 18.0 Å². The van der Waals surface area contributed by atoms with Crippen LogP contribution in [0.15, 0.2) is 12.3 Å². The third kappa shape index (κ3) is 3.46. The predicted octanol–water partition coefficient (Wildman–Crippen LogP) is 0.307. The quantitative estimate of drug-likeness (QED) is 0.735. The SMILES string of the molecule is CCOC(=O)c1cc(NC(=O)C2(S(C)(=O)=O)CCNCC2)cn1C. The number of carbonyl (C=O) groups is 2. The van der Waals surface area contributed by atoms with Crippen LogP contribution >= 0.6 is 0 Å². The number of sulfone groups is 1. The van der Waals surface area contributed by atoms with Gasteiger partial charge >= 0.3 is 5.97 Å². The van der Waals surface area contributed by atoms with Crippen LogP contribution in [0.3, 0.4) is 0 Å². The Kier molecular flexibility index (Phi) is 5.34. The van der Waals surface area contributed by atoms with Crippen LogP contribution < -0.4 is 10.6 Å². The minimum Gasteiger partial charge on any atom is -0.461 e. The van der Waals surface area contributed by atoms with E-state index in [1.807, 2.05) is 0 Å². The lowest BCUT2D eigenvalue weighted by molar-refractivity contribution is -0.119. The summed E-state index contributed by atoms with van der Waals surface area (Å²) in [6.07, 6.45) is 3.08. The molecule has 0 bridgehead atoms. The fraction of sp³-hybridized carbons (Fsp3) is 0.600. The van der Waals surface area contributed by atoms with Gasteiger partial charge in [0.05, 0.1) is 12.3 Å². The molecule has 1 saturated heterocycles. The summed E-state index contributed by atoms with van der Waals surface area (Å²) in [6.45, 7) is 2.87. The molecule has 8 nitrogen and oxygen atoms in total. The summed E-state index contributed by atoms with van der Waals surface area (Å²) >= 11 is 0. The normalized spacial score (nSPS) is 17.3. The lowest BCUT2D eigenvalue weighted by Gasteiger charge is -2.34. The van der Waals surface area contributed by atoms with Gasteiger partial charge in [0, 0.05) is 19.5 Å². The van der Waals surface area contributed by atoms with Gasteiger partial charge < -0.3 is 19.9 Å². The molecular weight excluding hydrogens is 334 g/mol. The molecule has 0 unspecified atom stereocenters. The lowest BCUT2D eigenvalue weighted by Crippen LogP contribution is -2.55. The van der Waals surface area contributed by atoms with Gasteiger partial charge in [0.25, 0.3) is 0 Å². The summed E-state index contributed by atoms with van der Waals surface area (Å²) in [4.78, 5) is 24.5. The lowest BCUT2D eigenvalue weighted by atomic mass is 9.96. The number of aromatic nitrogens is 1. The van der Waals surface area contributed by atoms with Crippen molar-refractivity contribution in [3.63, 3.8) is 0 Å². The molecule has 134 valence electrons. The highest BCUT2D eigenvalue weighted by atomic mass is 32.2. The van der Waals surface area contributed by atoms with Crippen molar-refractivity contribution in [2.75, 3.05) is 31.3 Å². The van der Waals surface area contributed by atoms with Gasteiger partial charge in [0.15, 0.2) is 14.6 Å². The number of amides is 1. The smallest absolute Gasteiger partial charge is 0.355 e. The van der Waals surface area contributed by atoms with E-state index in [9.17, 15) is 18.0 Å². The number of ether oxygens (including phenoxy) is 1. The van der Waals surface area contributed by atoms with E-state index in [-0.39, 0.29) is 25.1 Å². The fourth-order valence-corrected chi connectivity index (χ4v) is 4.22. The van der Waals surface area contributed by atoms with Crippen LogP contribution in [-0.2, 0) is 26.4 Å². The van der Waals surface area contributed by atoms with Crippen molar-refractivity contribution >= 4 is 27.4 Å². The highest BCUT2D eigenvalue weighted by molar-refractivity contribution is 7.92. The van der Waals surface area contributed by atoms with Crippen LogP contribution in [0, 0.1) is 0 Å². The van der Waals surface area contributed by atoms with Crippen molar-refractivity contribution in [1.29, 1.82) is 0 Å². The van der Waals surface area contributed by atoms with E-state index >= 15 is 0 Å². The van der Waals surface area contributed by atoms with Gasteiger partial charge in [0.2, 0.25) is 5.91 Å². The Labute approximate surface area is 141 Å². The molecule has 2 heterocycles. The number of nitrogens with one attached hydrogen (secondary N) is 2. The summed E-state index contributed by atoms with van der Waals surface area (Å²) in [5.41, 5.74) is 0.651. The molecule has 0 aromatic carbocycles. The molecule has 9 heteroatoms. The van der Waals surface area contributed by atoms with Gasteiger partial charge in [-0.3, -0.25) is 4.79 Å². The van der Waals surface area contributed by atoms with Gasteiger partial charge in [-0.25, -0.2) is 13.2 Å². The number of esters is 1. The van der Waals surface area contributed by atoms with E-state index < -0.39 is 26.5 Å². The minimum atomic E-state index is -3.59. The van der Waals surface area contributed by atoms with E-state index in [2.05, 4.69) is 10.6 Å². The molecule has 0 saturated carbocycles. The van der Waals surface area contributed by atoms with Crippen molar-refractivity contribution in [2.24, 2.45) is 7.05 Å². The number of nitrogens with zero attached hydrogens (tertiary/aromatic N) is 1. The number of hydrogen-bond donors (Lipinski definition) is 2. The average molecular weight is 357 g/mol. The maximum atomic E-state index is 12.7. The summed E-state index contributed by atoms with van der Waals surface area (Å²) in [6, 6.07) is 1.48. The second-order valence-corrected chi connectivity index (χ2v) is 8.24. The first-order chi connectivity index (χ1) is 11.2. The molecule has 2 rings (SSSR count). The molecule has 0 spiro atoms. The van der Waals surface area contributed by atoms with E-state index in [1.54, 1.807) is 20.2 Å². The van der Waals surface area contributed by atoms with Crippen molar-refractivity contribution in [2.45, 2.75) is 24.5 Å². The first-order valence-corrected chi connectivity index (χ1v) is 9.65. The molecule has 1 aliphatic heterocycles.